The van der Waals surface area contributed by atoms with Crippen molar-refractivity contribution in [1.82, 2.24) is 15.0 Å². The molecule has 0 radical (unpaired) electrons. The summed E-state index contributed by atoms with van der Waals surface area (Å²) in [5, 5.41) is 0. The quantitative estimate of drug-likeness (QED) is 0.358. The topological polar surface area (TPSA) is 38.7 Å². The summed E-state index contributed by atoms with van der Waals surface area (Å²) in [6.07, 6.45) is 3.48. The fraction of sp³-hybridized carbons (Fsp3) is 0.105. The number of nitrogens with zero attached hydrogens (tertiary/aromatic N) is 3. The van der Waals surface area contributed by atoms with Crippen molar-refractivity contribution in [2.75, 3.05) is 0 Å². The number of benzene rings is 2. The molecule has 0 unspecified atom stereocenters. The summed E-state index contributed by atoms with van der Waals surface area (Å²) in [6.45, 7) is 0. The average Bonchev–Trinajstić information content (AvgIpc) is 2.66. The molecule has 1 aromatic heterocycles. The summed E-state index contributed by atoms with van der Waals surface area (Å²) < 4.78 is -3.78. The molecule has 0 aliphatic rings. The third-order valence-corrected chi connectivity index (χ3v) is 4.63. The molecule has 3 rings (SSSR count). The Kier molecular flexibility index (Phi) is 6.76. The monoisotopic (exact) mass is 491 g/mol. The summed E-state index contributed by atoms with van der Waals surface area (Å²) >= 11 is 35.4. The van der Waals surface area contributed by atoms with Gasteiger partial charge in [0.05, 0.1) is 0 Å². The Morgan fingerprint density at radius 2 is 1.14 bits per heavy atom. The molecule has 0 fully saturated rings. The maximum Gasteiger partial charge on any atom is 0.250 e. The Bertz CT molecular complexity index is 962. The van der Waals surface area contributed by atoms with Crippen molar-refractivity contribution in [1.29, 1.82) is 0 Å². The van der Waals surface area contributed by atoms with Crippen molar-refractivity contribution in [3.63, 3.8) is 0 Å². The second kappa shape index (κ2) is 8.74. The molecule has 1 heterocycles. The maximum absolute atomic E-state index is 5.90. The molecule has 0 spiro atoms. The lowest BCUT2D eigenvalue weighted by molar-refractivity contribution is 0.835. The van der Waals surface area contributed by atoms with E-state index in [0.717, 1.165) is 16.7 Å². The van der Waals surface area contributed by atoms with Gasteiger partial charge in [-0.3, -0.25) is 0 Å². The highest BCUT2D eigenvalue weighted by atomic mass is 35.6. The van der Waals surface area contributed by atoms with Gasteiger partial charge in [-0.05, 0) is 22.8 Å². The summed E-state index contributed by atoms with van der Waals surface area (Å²) in [5.74, 6) is -0.0739. The molecule has 0 bridgehead atoms. The van der Waals surface area contributed by atoms with E-state index in [2.05, 4.69) is 15.0 Å². The van der Waals surface area contributed by atoms with E-state index in [1.165, 1.54) is 0 Å². The second-order valence-corrected chi connectivity index (χ2v) is 10.2. The lowest BCUT2D eigenvalue weighted by Gasteiger charge is -2.14. The third-order valence-electron chi connectivity index (χ3n) is 3.62. The molecule has 3 nitrogen and oxygen atoms in total. The molecule has 2 aromatic carbocycles. The van der Waals surface area contributed by atoms with Crippen LogP contribution in [0.15, 0.2) is 54.6 Å². The van der Waals surface area contributed by atoms with Crippen LogP contribution in [0.25, 0.3) is 23.3 Å². The average molecular weight is 494 g/mol. The van der Waals surface area contributed by atoms with Crippen LogP contribution in [-0.2, 0) is 7.59 Å². The Morgan fingerprint density at radius 1 is 0.607 bits per heavy atom. The Morgan fingerprint density at radius 3 is 1.71 bits per heavy atom. The van der Waals surface area contributed by atoms with Crippen LogP contribution in [0.3, 0.4) is 0 Å². The van der Waals surface area contributed by atoms with Crippen LogP contribution >= 0.6 is 69.6 Å². The lowest BCUT2D eigenvalue weighted by Crippen LogP contribution is -2.16. The fourth-order valence-electron chi connectivity index (χ4n) is 2.41. The van der Waals surface area contributed by atoms with E-state index < -0.39 is 7.59 Å². The largest absolute Gasteiger partial charge is 0.250 e. The highest BCUT2D eigenvalue weighted by molar-refractivity contribution is 6.67. The highest BCUT2D eigenvalue weighted by Crippen LogP contribution is 2.40. The van der Waals surface area contributed by atoms with Gasteiger partial charge in [-0.15, -0.1) is 0 Å². The summed E-state index contributed by atoms with van der Waals surface area (Å²) in [6, 6.07) is 17.8. The fourth-order valence-corrected chi connectivity index (χ4v) is 2.91. The number of halogens is 6. The van der Waals surface area contributed by atoms with Gasteiger partial charge in [0, 0.05) is 0 Å². The van der Waals surface area contributed by atoms with Gasteiger partial charge in [-0.2, -0.15) is 0 Å². The van der Waals surface area contributed by atoms with E-state index in [1.54, 1.807) is 6.08 Å². The van der Waals surface area contributed by atoms with E-state index >= 15 is 0 Å². The van der Waals surface area contributed by atoms with Gasteiger partial charge in [0.25, 0.3) is 0 Å². The van der Waals surface area contributed by atoms with E-state index in [9.17, 15) is 0 Å². The van der Waals surface area contributed by atoms with Gasteiger partial charge in [0.15, 0.2) is 17.5 Å². The Hall–Kier alpha value is -1.07. The van der Waals surface area contributed by atoms with Gasteiger partial charge in [-0.25, -0.2) is 15.0 Å². The predicted molar refractivity (Wildman–Crippen MR) is 119 cm³/mol. The van der Waals surface area contributed by atoms with Crippen molar-refractivity contribution in [2.24, 2.45) is 0 Å². The third kappa shape index (κ3) is 5.50. The Labute approximate surface area is 192 Å². The van der Waals surface area contributed by atoms with Crippen LogP contribution in [0, 0.1) is 0 Å². The minimum Gasteiger partial charge on any atom is -0.209 e. The van der Waals surface area contributed by atoms with E-state index in [1.807, 2.05) is 60.7 Å². The first-order valence-electron chi connectivity index (χ1n) is 7.87. The maximum atomic E-state index is 5.90. The molecular formula is C19H11Cl6N3. The number of rotatable bonds is 3. The molecule has 0 atom stereocenters. The molecule has 0 saturated carbocycles. The van der Waals surface area contributed by atoms with E-state index in [4.69, 9.17) is 69.6 Å². The zero-order chi connectivity index (χ0) is 20.4. The first kappa shape index (κ1) is 21.6. The normalized spacial score (nSPS) is 12.5. The van der Waals surface area contributed by atoms with Crippen LogP contribution < -0.4 is 0 Å². The molecule has 0 N–H and O–H groups in total. The molecule has 28 heavy (non-hydrogen) atoms. The zero-order valence-corrected chi connectivity index (χ0v) is 18.5. The van der Waals surface area contributed by atoms with Crippen molar-refractivity contribution < 1.29 is 0 Å². The predicted octanol–water partition coefficient (Wildman–Crippen LogP) is 7.36. The van der Waals surface area contributed by atoms with Crippen LogP contribution in [0.1, 0.15) is 23.0 Å². The standard InChI is InChI=1S/C19H11Cl6N3/c20-18(21,22)16-26-15(27-17(28-16)19(23,24)25)11-10-13-8-4-5-9-14(13)12-6-2-1-3-7-12/h1-11H. The molecule has 0 amide bonds. The van der Waals surface area contributed by atoms with Crippen LogP contribution in [0.4, 0.5) is 0 Å². The van der Waals surface area contributed by atoms with Crippen molar-refractivity contribution in [3.05, 3.63) is 77.6 Å². The first-order valence-corrected chi connectivity index (χ1v) is 10.1. The summed E-state index contributed by atoms with van der Waals surface area (Å²) in [5.41, 5.74) is 3.05. The summed E-state index contributed by atoms with van der Waals surface area (Å²) in [7, 11) is 0. The van der Waals surface area contributed by atoms with Crippen LogP contribution in [0.5, 0.6) is 0 Å². The minimum absolute atomic E-state index is 0.134. The van der Waals surface area contributed by atoms with Crippen molar-refractivity contribution in [3.8, 4) is 11.1 Å². The van der Waals surface area contributed by atoms with Crippen LogP contribution in [-0.4, -0.2) is 15.0 Å². The number of hydrogen-bond donors (Lipinski definition) is 0. The van der Waals surface area contributed by atoms with Crippen LogP contribution in [0.2, 0.25) is 0 Å². The summed E-state index contributed by atoms with van der Waals surface area (Å²) in [4.78, 5) is 12.3. The SMILES string of the molecule is ClC(Cl)(Cl)c1nc(C=Cc2ccccc2-c2ccccc2)nc(C(Cl)(Cl)Cl)n1. The van der Waals surface area contributed by atoms with Crippen molar-refractivity contribution >= 4 is 81.8 Å². The molecule has 3 aromatic rings. The van der Waals surface area contributed by atoms with Crippen molar-refractivity contribution in [2.45, 2.75) is 7.59 Å². The van der Waals surface area contributed by atoms with Gasteiger partial charge >= 0.3 is 0 Å². The number of hydrogen-bond acceptors (Lipinski definition) is 3. The van der Waals surface area contributed by atoms with Gasteiger partial charge < -0.3 is 0 Å². The van der Waals surface area contributed by atoms with Gasteiger partial charge in [0.2, 0.25) is 7.59 Å². The second-order valence-electron chi connectivity index (χ2n) is 5.62. The lowest BCUT2D eigenvalue weighted by atomic mass is 9.99. The Balaban J connectivity index is 2.04. The molecular weight excluding hydrogens is 483 g/mol. The molecule has 9 heteroatoms. The van der Waals surface area contributed by atoms with Gasteiger partial charge in [-0.1, -0.05) is 130 Å². The van der Waals surface area contributed by atoms with E-state index in [0.29, 0.717) is 0 Å². The molecule has 0 saturated heterocycles. The zero-order valence-electron chi connectivity index (χ0n) is 14.0. The number of aromatic nitrogens is 3. The highest BCUT2D eigenvalue weighted by Gasteiger charge is 2.33. The smallest absolute Gasteiger partial charge is 0.209 e. The molecule has 0 aliphatic carbocycles. The number of alkyl halides is 6. The van der Waals surface area contributed by atoms with E-state index in [-0.39, 0.29) is 17.5 Å². The molecule has 144 valence electrons. The van der Waals surface area contributed by atoms with Gasteiger partial charge in [0.1, 0.15) is 0 Å². The molecule has 0 aliphatic heterocycles. The first-order chi connectivity index (χ1) is 13.1. The minimum atomic E-state index is -1.89.